The predicted octanol–water partition coefficient (Wildman–Crippen LogP) is 20.4. The van der Waals surface area contributed by atoms with Gasteiger partial charge in [0.05, 0.1) is 16.6 Å². The average molecular weight is 960 g/mol. The van der Waals surface area contributed by atoms with E-state index in [0.717, 1.165) is 34.1 Å². The highest BCUT2D eigenvalue weighted by Gasteiger charge is 2.23. The first-order valence-corrected chi connectivity index (χ1v) is 26.1. The molecule has 0 saturated heterocycles. The second-order valence-corrected chi connectivity index (χ2v) is 21.1. The lowest BCUT2D eigenvalue weighted by Gasteiger charge is -2.26. The van der Waals surface area contributed by atoms with Crippen LogP contribution in [0, 0.1) is 0 Å². The Morgan fingerprint density at radius 3 is 1.09 bits per heavy atom. The molecule has 0 N–H and O–H groups in total. The highest BCUT2D eigenvalue weighted by Crippen LogP contribution is 2.46. The summed E-state index contributed by atoms with van der Waals surface area (Å²) < 4.78 is 2.55. The summed E-state index contributed by atoms with van der Waals surface area (Å²) in [4.78, 5) is 4.77. The van der Waals surface area contributed by atoms with Crippen molar-refractivity contribution in [3.8, 4) is 33.4 Å². The molecule has 14 rings (SSSR count). The lowest BCUT2D eigenvalue weighted by Crippen LogP contribution is -2.10. The SMILES string of the molecule is CC(C)(C)c1ccc(-c2cc3c4cc5ccc(N(c6ccccc6)c6cccc(-c7ccccc7)c6)cc5cc4n4c5cc6cc(N(c7ccccc7)c7cccc(-c8ccccc8)c7)ccc6cc5c(c2)c34)cc1. The van der Waals surface area contributed by atoms with Crippen molar-refractivity contribution in [3.63, 3.8) is 0 Å². The molecular formula is C72H53N3. The molecule has 0 aliphatic heterocycles. The van der Waals surface area contributed by atoms with E-state index in [-0.39, 0.29) is 5.41 Å². The zero-order valence-corrected chi connectivity index (χ0v) is 42.2. The van der Waals surface area contributed by atoms with Crippen LogP contribution in [0.15, 0.2) is 267 Å². The highest BCUT2D eigenvalue weighted by atomic mass is 15.1. The van der Waals surface area contributed by atoms with Gasteiger partial charge in [-0.2, -0.15) is 0 Å². The number of aromatic nitrogens is 1. The number of hydrogen-bond donors (Lipinski definition) is 0. The van der Waals surface area contributed by atoms with E-state index in [4.69, 9.17) is 0 Å². The first-order chi connectivity index (χ1) is 36.8. The fourth-order valence-corrected chi connectivity index (χ4v) is 11.6. The average Bonchev–Trinajstić information content (AvgIpc) is 4.00. The number of hydrogen-bond acceptors (Lipinski definition) is 2. The molecule has 0 saturated carbocycles. The molecule has 2 aromatic heterocycles. The van der Waals surface area contributed by atoms with Crippen LogP contribution in [-0.2, 0) is 5.41 Å². The van der Waals surface area contributed by atoms with Crippen molar-refractivity contribution in [2.75, 3.05) is 9.80 Å². The van der Waals surface area contributed by atoms with Gasteiger partial charge >= 0.3 is 0 Å². The normalized spacial score (nSPS) is 11.9. The van der Waals surface area contributed by atoms with E-state index >= 15 is 0 Å². The van der Waals surface area contributed by atoms with E-state index in [1.54, 1.807) is 0 Å². The monoisotopic (exact) mass is 959 g/mol. The molecule has 0 fully saturated rings. The second-order valence-electron chi connectivity index (χ2n) is 21.1. The van der Waals surface area contributed by atoms with E-state index in [2.05, 4.69) is 302 Å². The van der Waals surface area contributed by atoms with Gasteiger partial charge in [-0.15, -0.1) is 0 Å². The van der Waals surface area contributed by atoms with Crippen LogP contribution in [0.3, 0.4) is 0 Å². The molecule has 0 atom stereocenters. The molecule has 14 aromatic rings. The molecule has 0 unspecified atom stereocenters. The van der Waals surface area contributed by atoms with E-state index in [1.807, 2.05) is 0 Å². The molecule has 0 amide bonds. The lowest BCUT2D eigenvalue weighted by molar-refractivity contribution is 0.590. The summed E-state index contributed by atoms with van der Waals surface area (Å²) in [5.74, 6) is 0. The third-order valence-electron chi connectivity index (χ3n) is 15.3. The first-order valence-electron chi connectivity index (χ1n) is 26.1. The summed E-state index contributed by atoms with van der Waals surface area (Å²) in [6.45, 7) is 6.85. The predicted molar refractivity (Wildman–Crippen MR) is 320 cm³/mol. The quantitative estimate of drug-likeness (QED) is 0.143. The molecule has 0 radical (unpaired) electrons. The molecule has 0 aliphatic carbocycles. The van der Waals surface area contributed by atoms with Gasteiger partial charge < -0.3 is 14.2 Å². The molecule has 2 heterocycles. The van der Waals surface area contributed by atoms with Crippen molar-refractivity contribution in [2.45, 2.75) is 26.2 Å². The lowest BCUT2D eigenvalue weighted by atomic mass is 9.86. The fraction of sp³-hybridized carbons (Fsp3) is 0.0556. The molecule has 356 valence electrons. The zero-order valence-electron chi connectivity index (χ0n) is 42.2. The highest BCUT2D eigenvalue weighted by molar-refractivity contribution is 6.27. The van der Waals surface area contributed by atoms with Gasteiger partial charge in [0.2, 0.25) is 0 Å². The number of rotatable bonds is 9. The van der Waals surface area contributed by atoms with Gasteiger partial charge in [-0.25, -0.2) is 0 Å². The second kappa shape index (κ2) is 17.7. The van der Waals surface area contributed by atoms with Gasteiger partial charge in [0.25, 0.3) is 0 Å². The van der Waals surface area contributed by atoms with Crippen molar-refractivity contribution in [1.29, 1.82) is 0 Å². The summed E-state index contributed by atoms with van der Waals surface area (Å²) in [5.41, 5.74) is 18.9. The van der Waals surface area contributed by atoms with E-state index in [9.17, 15) is 0 Å². The molecule has 3 nitrogen and oxygen atoms in total. The molecule has 0 spiro atoms. The van der Waals surface area contributed by atoms with E-state index < -0.39 is 0 Å². The molecule has 12 aromatic carbocycles. The van der Waals surface area contributed by atoms with Crippen molar-refractivity contribution in [2.24, 2.45) is 0 Å². The zero-order chi connectivity index (χ0) is 50.2. The van der Waals surface area contributed by atoms with Gasteiger partial charge in [0.1, 0.15) is 0 Å². The molecule has 3 heteroatoms. The summed E-state index contributed by atoms with van der Waals surface area (Å²) in [6, 6.07) is 98.3. The van der Waals surface area contributed by atoms with Gasteiger partial charge in [-0.1, -0.05) is 178 Å². The maximum absolute atomic E-state index is 2.55. The Labute approximate surface area is 437 Å². The molecule has 0 bridgehead atoms. The van der Waals surface area contributed by atoms with Crippen LogP contribution >= 0.6 is 0 Å². The Bertz CT molecular complexity index is 4170. The number of anilines is 6. The standard InChI is InChI=1S/C72H53N3/c1-72(2,3)58-34-30-50(31-35-58)57-44-67-65-42-53-32-36-63(73(59-24-12-6-13-25-59)61-28-16-22-51(38-61)48-18-8-4-9-19-48)40-55(53)46-69(65)75-70-47-56-41-64(37-33-54(56)43-66(70)68(45-57)71(67)75)74(60-26-14-7-15-27-60)62-29-17-23-52(39-62)49-20-10-5-11-21-49/h4-47H,1-3H3. The first kappa shape index (κ1) is 44.3. The van der Waals surface area contributed by atoms with E-state index in [0.29, 0.717) is 0 Å². The number of nitrogens with zero attached hydrogens (tertiary/aromatic N) is 3. The minimum Gasteiger partial charge on any atom is -0.310 e. The van der Waals surface area contributed by atoms with Crippen LogP contribution in [0.4, 0.5) is 34.1 Å². The Morgan fingerprint density at radius 2 is 0.653 bits per heavy atom. The van der Waals surface area contributed by atoms with Crippen molar-refractivity contribution < 1.29 is 0 Å². The third kappa shape index (κ3) is 7.75. The van der Waals surface area contributed by atoms with Gasteiger partial charge in [0, 0.05) is 55.7 Å². The van der Waals surface area contributed by atoms with Crippen molar-refractivity contribution >= 4 is 93.8 Å². The Kier molecular flexibility index (Phi) is 10.4. The molecule has 75 heavy (non-hydrogen) atoms. The van der Waals surface area contributed by atoms with Gasteiger partial charge in [-0.05, 0) is 175 Å². The maximum Gasteiger partial charge on any atom is 0.0620 e. The molecule has 0 aliphatic rings. The smallest absolute Gasteiger partial charge is 0.0620 e. The minimum absolute atomic E-state index is 0.0689. The largest absolute Gasteiger partial charge is 0.310 e. The van der Waals surface area contributed by atoms with Crippen LogP contribution in [0.5, 0.6) is 0 Å². The number of para-hydroxylation sites is 2. The van der Waals surface area contributed by atoms with Gasteiger partial charge in [0.15, 0.2) is 0 Å². The fourth-order valence-electron chi connectivity index (χ4n) is 11.6. The van der Waals surface area contributed by atoms with Crippen LogP contribution in [0.1, 0.15) is 26.3 Å². The van der Waals surface area contributed by atoms with Crippen LogP contribution < -0.4 is 9.80 Å². The Morgan fingerprint density at radius 1 is 0.267 bits per heavy atom. The van der Waals surface area contributed by atoms with Crippen LogP contribution in [0.2, 0.25) is 0 Å². The number of benzene rings is 12. The summed E-state index contributed by atoms with van der Waals surface area (Å²) in [7, 11) is 0. The third-order valence-corrected chi connectivity index (χ3v) is 15.3. The summed E-state index contributed by atoms with van der Waals surface area (Å²) >= 11 is 0. The minimum atomic E-state index is 0.0689. The van der Waals surface area contributed by atoms with E-state index in [1.165, 1.54) is 98.6 Å². The Balaban J connectivity index is 0.981. The number of fused-ring (bicyclic) bond motifs is 8. The topological polar surface area (TPSA) is 10.9 Å². The Hall–Kier alpha value is -9.44. The van der Waals surface area contributed by atoms with Crippen LogP contribution in [-0.4, -0.2) is 4.40 Å². The van der Waals surface area contributed by atoms with Gasteiger partial charge in [-0.3, -0.25) is 0 Å². The summed E-state index contributed by atoms with van der Waals surface area (Å²) in [5, 5.41) is 9.82. The maximum atomic E-state index is 2.55. The van der Waals surface area contributed by atoms with Crippen molar-refractivity contribution in [1.82, 2.24) is 4.40 Å². The van der Waals surface area contributed by atoms with Crippen LogP contribution in [0.25, 0.3) is 93.0 Å². The van der Waals surface area contributed by atoms with Crippen molar-refractivity contribution in [3.05, 3.63) is 272 Å². The molecular weight excluding hydrogens is 907 g/mol. The summed E-state index contributed by atoms with van der Waals surface area (Å²) in [6.07, 6.45) is 0.